The van der Waals surface area contributed by atoms with E-state index >= 15 is 0 Å². The quantitative estimate of drug-likeness (QED) is 0.896. The molecule has 3 rings (SSSR count). The molecule has 6 nitrogen and oxygen atoms in total. The van der Waals surface area contributed by atoms with Crippen LogP contribution in [0.1, 0.15) is 29.7 Å². The SMILES string of the molecule is COc1ccc(CN2C(=O)[C@@H](NC(C)=O)c3cc(C)ccc32)cc1OC. The number of aryl methyl sites for hydroxylation is 1. The molecule has 1 aliphatic rings. The lowest BCUT2D eigenvalue weighted by atomic mass is 10.1. The van der Waals surface area contributed by atoms with Gasteiger partial charge in [-0.25, -0.2) is 0 Å². The molecule has 0 saturated carbocycles. The maximum absolute atomic E-state index is 12.9. The van der Waals surface area contributed by atoms with E-state index in [1.165, 1.54) is 6.92 Å². The van der Waals surface area contributed by atoms with Crippen molar-refractivity contribution in [1.82, 2.24) is 5.32 Å². The van der Waals surface area contributed by atoms with Crippen LogP contribution in [0.2, 0.25) is 0 Å². The van der Waals surface area contributed by atoms with Gasteiger partial charge in [-0.3, -0.25) is 9.59 Å². The summed E-state index contributed by atoms with van der Waals surface area (Å²) < 4.78 is 10.6. The van der Waals surface area contributed by atoms with Gasteiger partial charge in [0, 0.05) is 18.2 Å². The van der Waals surface area contributed by atoms with Crippen LogP contribution < -0.4 is 19.7 Å². The maximum atomic E-state index is 12.9. The number of methoxy groups -OCH3 is 2. The average Bonchev–Trinajstić information content (AvgIpc) is 2.86. The number of carbonyl (C=O) groups is 2. The number of carbonyl (C=O) groups excluding carboxylic acids is 2. The predicted molar refractivity (Wildman–Crippen MR) is 98.5 cm³/mol. The molecule has 2 aromatic rings. The molecular weight excluding hydrogens is 332 g/mol. The Morgan fingerprint density at radius 1 is 1.12 bits per heavy atom. The average molecular weight is 354 g/mol. The van der Waals surface area contributed by atoms with Crippen molar-refractivity contribution in [3.63, 3.8) is 0 Å². The summed E-state index contributed by atoms with van der Waals surface area (Å²) in [6, 6.07) is 10.7. The van der Waals surface area contributed by atoms with E-state index in [1.54, 1.807) is 19.1 Å². The van der Waals surface area contributed by atoms with Crippen molar-refractivity contribution in [2.75, 3.05) is 19.1 Å². The van der Waals surface area contributed by atoms with E-state index < -0.39 is 6.04 Å². The van der Waals surface area contributed by atoms with Crippen molar-refractivity contribution >= 4 is 17.5 Å². The predicted octanol–water partition coefficient (Wildman–Crippen LogP) is 2.74. The fraction of sp³-hybridized carbons (Fsp3) is 0.300. The van der Waals surface area contributed by atoms with E-state index in [2.05, 4.69) is 5.32 Å². The molecule has 0 saturated heterocycles. The third-order valence-electron chi connectivity index (χ3n) is 4.43. The highest BCUT2D eigenvalue weighted by molar-refractivity contribution is 6.06. The second-order valence-electron chi connectivity index (χ2n) is 6.31. The lowest BCUT2D eigenvalue weighted by molar-refractivity contribution is -0.126. The number of hydrogen-bond donors (Lipinski definition) is 1. The molecule has 0 unspecified atom stereocenters. The maximum Gasteiger partial charge on any atom is 0.254 e. The Kier molecular flexibility index (Phi) is 4.84. The monoisotopic (exact) mass is 354 g/mol. The molecule has 6 heteroatoms. The smallest absolute Gasteiger partial charge is 0.254 e. The van der Waals surface area contributed by atoms with Crippen molar-refractivity contribution < 1.29 is 19.1 Å². The first kappa shape index (κ1) is 17.8. The topological polar surface area (TPSA) is 67.9 Å². The van der Waals surface area contributed by atoms with E-state index in [-0.39, 0.29) is 11.8 Å². The summed E-state index contributed by atoms with van der Waals surface area (Å²) in [5, 5.41) is 2.76. The van der Waals surface area contributed by atoms with Crippen molar-refractivity contribution in [1.29, 1.82) is 0 Å². The van der Waals surface area contributed by atoms with Gasteiger partial charge >= 0.3 is 0 Å². The Hall–Kier alpha value is -3.02. The van der Waals surface area contributed by atoms with Gasteiger partial charge < -0.3 is 19.7 Å². The molecule has 0 aromatic heterocycles. The van der Waals surface area contributed by atoms with Crippen molar-refractivity contribution in [3.8, 4) is 11.5 Å². The number of anilines is 1. The van der Waals surface area contributed by atoms with Gasteiger partial charge in [0.25, 0.3) is 5.91 Å². The summed E-state index contributed by atoms with van der Waals surface area (Å²) >= 11 is 0. The lowest BCUT2D eigenvalue weighted by Crippen LogP contribution is -2.36. The molecule has 1 N–H and O–H groups in total. The van der Waals surface area contributed by atoms with E-state index in [1.807, 2.05) is 43.3 Å². The Morgan fingerprint density at radius 3 is 2.50 bits per heavy atom. The highest BCUT2D eigenvalue weighted by atomic mass is 16.5. The Bertz CT molecular complexity index is 863. The lowest BCUT2D eigenvalue weighted by Gasteiger charge is -2.19. The minimum Gasteiger partial charge on any atom is -0.493 e. The second-order valence-corrected chi connectivity index (χ2v) is 6.31. The van der Waals surface area contributed by atoms with Crippen LogP contribution in [0.4, 0.5) is 5.69 Å². The molecule has 0 fully saturated rings. The molecule has 1 heterocycles. The third kappa shape index (κ3) is 3.22. The molecule has 0 radical (unpaired) electrons. The Morgan fingerprint density at radius 2 is 1.85 bits per heavy atom. The molecule has 0 spiro atoms. The number of fused-ring (bicyclic) bond motifs is 1. The van der Waals surface area contributed by atoms with Gasteiger partial charge in [-0.15, -0.1) is 0 Å². The fourth-order valence-corrected chi connectivity index (χ4v) is 3.23. The molecule has 1 atom stereocenters. The molecule has 2 amide bonds. The number of benzene rings is 2. The molecule has 0 bridgehead atoms. The van der Waals surface area contributed by atoms with Crippen molar-refractivity contribution in [3.05, 3.63) is 53.1 Å². The van der Waals surface area contributed by atoms with Crippen LogP contribution in [0.15, 0.2) is 36.4 Å². The minimum atomic E-state index is -0.650. The summed E-state index contributed by atoms with van der Waals surface area (Å²) in [5.74, 6) is 0.870. The first-order valence-corrected chi connectivity index (χ1v) is 8.34. The highest BCUT2D eigenvalue weighted by Crippen LogP contribution is 2.38. The number of amides is 2. The number of ether oxygens (including phenoxy) is 2. The normalized spacial score (nSPS) is 15.6. The fourth-order valence-electron chi connectivity index (χ4n) is 3.23. The third-order valence-corrected chi connectivity index (χ3v) is 4.43. The van der Waals surface area contributed by atoms with Gasteiger partial charge in [-0.1, -0.05) is 23.8 Å². The molecule has 1 aliphatic heterocycles. The number of hydrogen-bond acceptors (Lipinski definition) is 4. The summed E-state index contributed by atoms with van der Waals surface area (Å²) in [7, 11) is 3.16. The number of nitrogens with zero attached hydrogens (tertiary/aromatic N) is 1. The van der Waals surface area contributed by atoms with E-state index in [9.17, 15) is 9.59 Å². The molecule has 26 heavy (non-hydrogen) atoms. The van der Waals surface area contributed by atoms with Crippen LogP contribution in [0.3, 0.4) is 0 Å². The van der Waals surface area contributed by atoms with Gasteiger partial charge in [0.15, 0.2) is 11.5 Å². The van der Waals surface area contributed by atoms with Crippen molar-refractivity contribution in [2.45, 2.75) is 26.4 Å². The van der Waals surface area contributed by atoms with E-state index in [0.29, 0.717) is 18.0 Å². The molecular formula is C20H22N2O4. The summed E-state index contributed by atoms with van der Waals surface area (Å²) in [5.41, 5.74) is 3.59. The van der Waals surface area contributed by atoms with Crippen LogP contribution in [0, 0.1) is 6.92 Å². The van der Waals surface area contributed by atoms with E-state index in [0.717, 1.165) is 22.4 Å². The molecule has 2 aromatic carbocycles. The van der Waals surface area contributed by atoms with Crippen LogP contribution >= 0.6 is 0 Å². The van der Waals surface area contributed by atoms with Crippen LogP contribution in [-0.2, 0) is 16.1 Å². The Balaban J connectivity index is 1.96. The van der Waals surface area contributed by atoms with Crippen LogP contribution in [0.5, 0.6) is 11.5 Å². The zero-order chi connectivity index (χ0) is 18.8. The summed E-state index contributed by atoms with van der Waals surface area (Å²) in [6.45, 7) is 3.76. The first-order valence-electron chi connectivity index (χ1n) is 8.34. The minimum absolute atomic E-state index is 0.143. The second kappa shape index (κ2) is 7.07. The molecule has 136 valence electrons. The van der Waals surface area contributed by atoms with Gasteiger partial charge in [0.05, 0.1) is 20.8 Å². The van der Waals surface area contributed by atoms with Gasteiger partial charge in [0.1, 0.15) is 6.04 Å². The largest absolute Gasteiger partial charge is 0.493 e. The van der Waals surface area contributed by atoms with Crippen LogP contribution in [-0.4, -0.2) is 26.0 Å². The number of rotatable bonds is 5. The van der Waals surface area contributed by atoms with Gasteiger partial charge in [0.2, 0.25) is 5.91 Å². The highest BCUT2D eigenvalue weighted by Gasteiger charge is 2.37. The Labute approximate surface area is 152 Å². The zero-order valence-electron chi connectivity index (χ0n) is 15.3. The van der Waals surface area contributed by atoms with E-state index in [4.69, 9.17) is 9.47 Å². The van der Waals surface area contributed by atoms with Crippen molar-refractivity contribution in [2.24, 2.45) is 0 Å². The van der Waals surface area contributed by atoms with Gasteiger partial charge in [-0.05, 0) is 30.7 Å². The summed E-state index contributed by atoms with van der Waals surface area (Å²) in [4.78, 5) is 26.2. The zero-order valence-corrected chi connectivity index (χ0v) is 15.3. The first-order chi connectivity index (χ1) is 12.4. The van der Waals surface area contributed by atoms with Gasteiger partial charge in [-0.2, -0.15) is 0 Å². The van der Waals surface area contributed by atoms with Crippen LogP contribution in [0.25, 0.3) is 0 Å². The molecule has 0 aliphatic carbocycles. The number of nitrogens with one attached hydrogen (secondary N) is 1. The standard InChI is InChI=1S/C20H22N2O4/c1-12-5-7-16-15(9-12)19(21-13(2)23)20(24)22(16)11-14-6-8-17(25-3)18(10-14)26-4/h5-10,19H,11H2,1-4H3,(H,21,23)/t19-/m0/s1. The summed E-state index contributed by atoms with van der Waals surface area (Å²) in [6.07, 6.45) is 0.